The maximum atomic E-state index is 5.46. The average Bonchev–Trinajstić information content (AvgIpc) is 3.49. The molecule has 2 atom stereocenters. The van der Waals surface area contributed by atoms with Crippen molar-refractivity contribution in [1.82, 2.24) is 14.3 Å². The van der Waals surface area contributed by atoms with Crippen molar-refractivity contribution in [2.45, 2.75) is 37.6 Å². The van der Waals surface area contributed by atoms with Gasteiger partial charge in [-0.3, -0.25) is 4.90 Å². The van der Waals surface area contributed by atoms with Crippen LogP contribution < -0.4 is 4.74 Å². The Kier molecular flexibility index (Phi) is 4.95. The molecule has 0 amide bonds. The van der Waals surface area contributed by atoms with E-state index >= 15 is 0 Å². The third kappa shape index (κ3) is 3.39. The van der Waals surface area contributed by atoms with Gasteiger partial charge in [-0.25, -0.2) is 4.98 Å². The van der Waals surface area contributed by atoms with Crippen LogP contribution in [-0.2, 0) is 12.8 Å². The van der Waals surface area contributed by atoms with Gasteiger partial charge in [-0.1, -0.05) is 42.5 Å². The standard InChI is InChI=1S/C28H29N3O/c1-32-25-10-6-9-22(18-25)27-26-11-4-5-15-31(26)28(29-27)23-14-16-30(19-23)24-13-12-20-7-2-3-8-21(20)17-24/h2-11,15,18,23-24H,12-14,16-17,19H2,1H3. The molecule has 2 aliphatic rings. The van der Waals surface area contributed by atoms with Gasteiger partial charge in [-0.15, -0.1) is 0 Å². The lowest BCUT2D eigenvalue weighted by Gasteiger charge is -2.32. The van der Waals surface area contributed by atoms with E-state index in [1.165, 1.54) is 37.0 Å². The first-order chi connectivity index (χ1) is 15.8. The van der Waals surface area contributed by atoms with Crippen LogP contribution in [-0.4, -0.2) is 40.5 Å². The molecule has 6 rings (SSSR count). The molecule has 4 aromatic rings. The molecule has 1 saturated heterocycles. The highest BCUT2D eigenvalue weighted by Gasteiger charge is 2.33. The van der Waals surface area contributed by atoms with Gasteiger partial charge < -0.3 is 9.14 Å². The quantitative estimate of drug-likeness (QED) is 0.443. The summed E-state index contributed by atoms with van der Waals surface area (Å²) in [6, 6.07) is 24.3. The lowest BCUT2D eigenvalue weighted by atomic mass is 9.87. The molecule has 0 N–H and O–H groups in total. The molecule has 32 heavy (non-hydrogen) atoms. The van der Waals surface area contributed by atoms with E-state index < -0.39 is 0 Å². The van der Waals surface area contributed by atoms with Gasteiger partial charge >= 0.3 is 0 Å². The minimum absolute atomic E-state index is 0.460. The Hall–Kier alpha value is -3.11. The Bertz CT molecular complexity index is 1260. The summed E-state index contributed by atoms with van der Waals surface area (Å²) >= 11 is 0. The van der Waals surface area contributed by atoms with E-state index in [2.05, 4.69) is 70.1 Å². The number of aryl methyl sites for hydroxylation is 1. The normalized spacial score (nSPS) is 21.0. The van der Waals surface area contributed by atoms with Crippen molar-refractivity contribution in [3.8, 4) is 17.0 Å². The molecule has 0 saturated carbocycles. The number of rotatable bonds is 4. The molecule has 2 aromatic heterocycles. The number of methoxy groups -OCH3 is 1. The van der Waals surface area contributed by atoms with Crippen LogP contribution in [0.2, 0.25) is 0 Å². The molecule has 0 bridgehead atoms. The number of aromatic nitrogens is 2. The van der Waals surface area contributed by atoms with E-state index in [0.717, 1.165) is 30.1 Å². The molecular weight excluding hydrogens is 394 g/mol. The Morgan fingerprint density at radius 1 is 0.938 bits per heavy atom. The predicted molar refractivity (Wildman–Crippen MR) is 128 cm³/mol. The van der Waals surface area contributed by atoms with Crippen molar-refractivity contribution >= 4 is 5.52 Å². The fraction of sp³-hybridized carbons (Fsp3) is 0.321. The minimum atomic E-state index is 0.460. The van der Waals surface area contributed by atoms with Gasteiger partial charge in [-0.2, -0.15) is 0 Å². The lowest BCUT2D eigenvalue weighted by molar-refractivity contribution is 0.219. The highest BCUT2D eigenvalue weighted by Crippen LogP contribution is 2.35. The van der Waals surface area contributed by atoms with Crippen molar-refractivity contribution in [1.29, 1.82) is 0 Å². The highest BCUT2D eigenvalue weighted by molar-refractivity contribution is 5.78. The summed E-state index contributed by atoms with van der Waals surface area (Å²) in [6.45, 7) is 2.26. The van der Waals surface area contributed by atoms with Gasteiger partial charge in [0.05, 0.1) is 18.3 Å². The topological polar surface area (TPSA) is 29.8 Å². The zero-order valence-electron chi connectivity index (χ0n) is 18.6. The number of benzene rings is 2. The molecule has 1 aliphatic carbocycles. The van der Waals surface area contributed by atoms with Crippen molar-refractivity contribution < 1.29 is 4.74 Å². The summed E-state index contributed by atoms with van der Waals surface area (Å²) in [4.78, 5) is 7.93. The third-order valence-corrected chi connectivity index (χ3v) is 7.34. The number of hydrogen-bond acceptors (Lipinski definition) is 3. The molecule has 1 aliphatic heterocycles. The molecule has 2 unspecified atom stereocenters. The first-order valence-corrected chi connectivity index (χ1v) is 11.7. The molecule has 0 spiro atoms. The molecule has 1 fully saturated rings. The summed E-state index contributed by atoms with van der Waals surface area (Å²) in [5.41, 5.74) is 6.41. The van der Waals surface area contributed by atoms with Crippen LogP contribution >= 0.6 is 0 Å². The first-order valence-electron chi connectivity index (χ1n) is 11.7. The van der Waals surface area contributed by atoms with E-state index in [9.17, 15) is 0 Å². The number of pyridine rings is 1. The smallest absolute Gasteiger partial charge is 0.119 e. The first kappa shape index (κ1) is 19.6. The van der Waals surface area contributed by atoms with Crippen molar-refractivity contribution in [3.63, 3.8) is 0 Å². The van der Waals surface area contributed by atoms with Gasteiger partial charge in [0.25, 0.3) is 0 Å². The number of hydrogen-bond donors (Lipinski definition) is 0. The van der Waals surface area contributed by atoms with E-state index in [0.29, 0.717) is 12.0 Å². The third-order valence-electron chi connectivity index (χ3n) is 7.34. The van der Waals surface area contributed by atoms with Crippen LogP contribution in [0.25, 0.3) is 16.8 Å². The van der Waals surface area contributed by atoms with Crippen LogP contribution in [0.5, 0.6) is 5.75 Å². The minimum Gasteiger partial charge on any atom is -0.497 e. The summed E-state index contributed by atoms with van der Waals surface area (Å²) in [5.74, 6) is 2.52. The second-order valence-electron chi connectivity index (χ2n) is 9.15. The number of imidazole rings is 1. The van der Waals surface area contributed by atoms with Crippen LogP contribution in [0.4, 0.5) is 0 Å². The van der Waals surface area contributed by atoms with Crippen molar-refractivity contribution in [2.75, 3.05) is 20.2 Å². The van der Waals surface area contributed by atoms with E-state index in [-0.39, 0.29) is 0 Å². The Labute approximate surface area is 189 Å². The summed E-state index contributed by atoms with van der Waals surface area (Å²) in [7, 11) is 1.71. The van der Waals surface area contributed by atoms with Gasteiger partial charge in [0.2, 0.25) is 0 Å². The van der Waals surface area contributed by atoms with Gasteiger partial charge in [0, 0.05) is 30.3 Å². The second-order valence-corrected chi connectivity index (χ2v) is 9.15. The zero-order chi connectivity index (χ0) is 21.5. The number of ether oxygens (including phenoxy) is 1. The summed E-state index contributed by atoms with van der Waals surface area (Å²) in [5, 5.41) is 0. The highest BCUT2D eigenvalue weighted by atomic mass is 16.5. The maximum absolute atomic E-state index is 5.46. The molecule has 3 heterocycles. The molecule has 4 nitrogen and oxygen atoms in total. The van der Waals surface area contributed by atoms with Crippen molar-refractivity contribution in [3.05, 3.63) is 89.9 Å². The number of fused-ring (bicyclic) bond motifs is 2. The monoisotopic (exact) mass is 423 g/mol. The predicted octanol–water partition coefficient (Wildman–Crippen LogP) is 5.36. The Morgan fingerprint density at radius 2 is 1.81 bits per heavy atom. The summed E-state index contributed by atoms with van der Waals surface area (Å²) < 4.78 is 7.76. The maximum Gasteiger partial charge on any atom is 0.119 e. The molecule has 0 radical (unpaired) electrons. The fourth-order valence-electron chi connectivity index (χ4n) is 5.65. The number of likely N-dealkylation sites (tertiary alicyclic amines) is 1. The molecule has 162 valence electrons. The SMILES string of the molecule is COc1cccc(-c2nc(C3CCN(C4CCc5ccccc5C4)C3)n3ccccc23)c1. The molecule has 4 heteroatoms. The van der Waals surface area contributed by atoms with Crippen LogP contribution in [0.15, 0.2) is 72.9 Å². The average molecular weight is 424 g/mol. The van der Waals surface area contributed by atoms with E-state index in [1.54, 1.807) is 18.2 Å². The molecular formula is C28H29N3O. The Morgan fingerprint density at radius 3 is 2.72 bits per heavy atom. The summed E-state index contributed by atoms with van der Waals surface area (Å²) in [6.07, 6.45) is 6.99. The van der Waals surface area contributed by atoms with Crippen LogP contribution in [0.1, 0.15) is 35.7 Å². The Balaban J connectivity index is 1.29. The van der Waals surface area contributed by atoms with Gasteiger partial charge in [-0.05, 0) is 67.6 Å². The van der Waals surface area contributed by atoms with Gasteiger partial charge in [0.1, 0.15) is 11.6 Å². The van der Waals surface area contributed by atoms with Crippen LogP contribution in [0.3, 0.4) is 0 Å². The van der Waals surface area contributed by atoms with Gasteiger partial charge in [0.15, 0.2) is 0 Å². The second kappa shape index (κ2) is 8.10. The largest absolute Gasteiger partial charge is 0.497 e. The lowest BCUT2D eigenvalue weighted by Crippen LogP contribution is -2.37. The van der Waals surface area contributed by atoms with Crippen LogP contribution in [0, 0.1) is 0 Å². The van der Waals surface area contributed by atoms with E-state index in [1.807, 2.05) is 12.1 Å². The number of nitrogens with zero attached hydrogens (tertiary/aromatic N) is 3. The van der Waals surface area contributed by atoms with E-state index in [4.69, 9.17) is 9.72 Å². The fourth-order valence-corrected chi connectivity index (χ4v) is 5.65. The molecule has 2 aromatic carbocycles. The zero-order valence-corrected chi connectivity index (χ0v) is 18.6. The van der Waals surface area contributed by atoms with Crippen molar-refractivity contribution in [2.24, 2.45) is 0 Å².